The van der Waals surface area contributed by atoms with Gasteiger partial charge in [-0.15, -0.1) is 0 Å². The molecule has 1 saturated carbocycles. The summed E-state index contributed by atoms with van der Waals surface area (Å²) in [6.07, 6.45) is 4.81. The summed E-state index contributed by atoms with van der Waals surface area (Å²) >= 11 is 5.40. The van der Waals surface area contributed by atoms with Crippen molar-refractivity contribution in [3.05, 3.63) is 29.8 Å². The fourth-order valence-corrected chi connectivity index (χ4v) is 4.16. The number of piperazine rings is 1. The van der Waals surface area contributed by atoms with E-state index < -0.39 is 12.0 Å². The summed E-state index contributed by atoms with van der Waals surface area (Å²) in [5, 5.41) is 5.54. The molecule has 3 rings (SSSR count). The highest BCUT2D eigenvalue weighted by Gasteiger charge is 2.35. The van der Waals surface area contributed by atoms with E-state index in [4.69, 9.17) is 21.7 Å². The molecule has 1 saturated heterocycles. The minimum Gasteiger partial charge on any atom is -0.494 e. The number of rotatable bonds is 6. The predicted molar refractivity (Wildman–Crippen MR) is 119 cm³/mol. The van der Waals surface area contributed by atoms with Crippen molar-refractivity contribution in [2.75, 3.05) is 19.7 Å². The lowest BCUT2D eigenvalue weighted by atomic mass is 9.98. The van der Waals surface area contributed by atoms with E-state index in [2.05, 4.69) is 10.6 Å². The summed E-state index contributed by atoms with van der Waals surface area (Å²) in [6.45, 7) is 3.20. The summed E-state index contributed by atoms with van der Waals surface area (Å²) < 4.78 is 10.9. The Hall–Kier alpha value is -2.68. The third kappa shape index (κ3) is 6.40. The van der Waals surface area contributed by atoms with Crippen LogP contribution in [0.4, 0.5) is 0 Å². The molecule has 0 bridgehead atoms. The largest absolute Gasteiger partial charge is 0.494 e. The first-order chi connectivity index (χ1) is 15.0. The highest BCUT2D eigenvalue weighted by molar-refractivity contribution is 7.80. The third-order valence-electron chi connectivity index (χ3n) is 5.45. The lowest BCUT2D eigenvalue weighted by molar-refractivity contribution is -0.153. The van der Waals surface area contributed by atoms with Crippen molar-refractivity contribution < 1.29 is 23.9 Å². The van der Waals surface area contributed by atoms with Gasteiger partial charge in [0.1, 0.15) is 17.9 Å². The van der Waals surface area contributed by atoms with Gasteiger partial charge in [0.15, 0.2) is 5.11 Å². The standard InChI is InChI=1S/C22H29N3O5S/c1-2-29-16-10-8-15(9-11-16)20(27)24-22(31)25-13-12-23-21(28)18(25)14-19(26)30-17-6-4-3-5-7-17/h8-11,17-18H,2-7,12-14H2,1H3,(H,23,28)(H,24,27,31)/t18-/m1/s1. The van der Waals surface area contributed by atoms with Gasteiger partial charge in [-0.25, -0.2) is 0 Å². The van der Waals surface area contributed by atoms with Gasteiger partial charge in [-0.1, -0.05) is 6.42 Å². The summed E-state index contributed by atoms with van der Waals surface area (Å²) in [4.78, 5) is 39.1. The molecule has 1 aliphatic carbocycles. The van der Waals surface area contributed by atoms with Crippen LogP contribution in [-0.4, -0.2) is 59.6 Å². The zero-order valence-electron chi connectivity index (χ0n) is 17.7. The van der Waals surface area contributed by atoms with E-state index in [1.807, 2.05) is 6.92 Å². The fourth-order valence-electron chi connectivity index (χ4n) is 3.85. The van der Waals surface area contributed by atoms with E-state index in [1.54, 1.807) is 29.2 Å². The van der Waals surface area contributed by atoms with E-state index in [9.17, 15) is 14.4 Å². The molecule has 1 heterocycles. The zero-order valence-corrected chi connectivity index (χ0v) is 18.5. The Morgan fingerprint density at radius 2 is 1.90 bits per heavy atom. The number of hydrogen-bond donors (Lipinski definition) is 2. The van der Waals surface area contributed by atoms with E-state index >= 15 is 0 Å². The Morgan fingerprint density at radius 3 is 2.58 bits per heavy atom. The van der Waals surface area contributed by atoms with Crippen molar-refractivity contribution in [1.82, 2.24) is 15.5 Å². The Morgan fingerprint density at radius 1 is 1.19 bits per heavy atom. The molecule has 8 nitrogen and oxygen atoms in total. The van der Waals surface area contributed by atoms with Gasteiger partial charge in [-0.2, -0.15) is 0 Å². The maximum absolute atomic E-state index is 12.6. The number of nitrogens with one attached hydrogen (secondary N) is 2. The van der Waals surface area contributed by atoms with E-state index in [-0.39, 0.29) is 29.5 Å². The average molecular weight is 448 g/mol. The predicted octanol–water partition coefficient (Wildman–Crippen LogP) is 2.17. The van der Waals surface area contributed by atoms with Crippen molar-refractivity contribution in [2.24, 2.45) is 0 Å². The molecule has 2 aliphatic rings. The normalized spacial score (nSPS) is 19.3. The van der Waals surface area contributed by atoms with Crippen LogP contribution < -0.4 is 15.4 Å². The van der Waals surface area contributed by atoms with Crippen LogP contribution in [-0.2, 0) is 14.3 Å². The molecule has 1 atom stereocenters. The number of carbonyl (C=O) groups excluding carboxylic acids is 3. The SMILES string of the molecule is CCOc1ccc(C(=O)NC(=S)N2CCNC(=O)[C@H]2CC(=O)OC2CCCCC2)cc1. The van der Waals surface area contributed by atoms with Crippen LogP contribution in [0.1, 0.15) is 55.8 Å². The molecule has 168 valence electrons. The second kappa shape index (κ2) is 11.1. The first-order valence-corrected chi connectivity index (χ1v) is 11.2. The molecule has 31 heavy (non-hydrogen) atoms. The Kier molecular flexibility index (Phi) is 8.22. The van der Waals surface area contributed by atoms with Gasteiger partial charge in [-0.05, 0) is 69.1 Å². The summed E-state index contributed by atoms with van der Waals surface area (Å²) in [5.74, 6) is -0.433. The molecule has 1 aromatic carbocycles. The maximum Gasteiger partial charge on any atom is 0.308 e. The van der Waals surface area contributed by atoms with Crippen molar-refractivity contribution in [3.63, 3.8) is 0 Å². The van der Waals surface area contributed by atoms with Gasteiger partial charge >= 0.3 is 5.97 Å². The highest BCUT2D eigenvalue weighted by atomic mass is 32.1. The van der Waals surface area contributed by atoms with Crippen LogP contribution in [0.5, 0.6) is 5.75 Å². The molecule has 1 aromatic rings. The first-order valence-electron chi connectivity index (χ1n) is 10.8. The first kappa shape index (κ1) is 23.0. The van der Waals surface area contributed by atoms with Crippen LogP contribution in [0, 0.1) is 0 Å². The lowest BCUT2D eigenvalue weighted by Gasteiger charge is -2.36. The van der Waals surface area contributed by atoms with Gasteiger partial charge in [0.2, 0.25) is 5.91 Å². The van der Waals surface area contributed by atoms with Crippen LogP contribution in [0.15, 0.2) is 24.3 Å². The number of carbonyl (C=O) groups is 3. The van der Waals surface area contributed by atoms with E-state index in [1.165, 1.54) is 0 Å². The molecule has 2 amide bonds. The lowest BCUT2D eigenvalue weighted by Crippen LogP contribution is -2.60. The highest BCUT2D eigenvalue weighted by Crippen LogP contribution is 2.21. The Labute approximate surface area is 187 Å². The molecule has 9 heteroatoms. The zero-order chi connectivity index (χ0) is 22.2. The number of hydrogen-bond acceptors (Lipinski definition) is 6. The van der Waals surface area contributed by atoms with Gasteiger partial charge < -0.3 is 19.7 Å². The monoisotopic (exact) mass is 447 g/mol. The molecule has 1 aliphatic heterocycles. The van der Waals surface area contributed by atoms with Crippen molar-refractivity contribution >= 4 is 35.1 Å². The number of amides is 2. The number of ether oxygens (including phenoxy) is 2. The average Bonchev–Trinajstić information content (AvgIpc) is 2.76. The van der Waals surface area contributed by atoms with Crippen molar-refractivity contribution in [3.8, 4) is 5.75 Å². The maximum atomic E-state index is 12.6. The third-order valence-corrected chi connectivity index (χ3v) is 5.79. The smallest absolute Gasteiger partial charge is 0.308 e. The molecule has 2 N–H and O–H groups in total. The van der Waals surface area contributed by atoms with E-state index in [0.717, 1.165) is 32.1 Å². The van der Waals surface area contributed by atoms with Gasteiger partial charge in [-0.3, -0.25) is 19.7 Å². The van der Waals surface area contributed by atoms with Crippen LogP contribution in [0.3, 0.4) is 0 Å². The number of thiocarbonyl (C=S) groups is 1. The molecular weight excluding hydrogens is 418 g/mol. The van der Waals surface area contributed by atoms with E-state index in [0.29, 0.717) is 31.0 Å². The summed E-state index contributed by atoms with van der Waals surface area (Å²) in [6, 6.07) is 5.90. The minimum absolute atomic E-state index is 0.0762. The second-order valence-corrected chi connectivity index (χ2v) is 8.06. The molecular formula is C22H29N3O5S. The Balaban J connectivity index is 1.59. The summed E-state index contributed by atoms with van der Waals surface area (Å²) in [5.41, 5.74) is 0.417. The van der Waals surface area contributed by atoms with Gasteiger partial charge in [0, 0.05) is 18.7 Å². The fraction of sp³-hybridized carbons (Fsp3) is 0.545. The number of nitrogens with zero attached hydrogens (tertiary/aromatic N) is 1. The second-order valence-electron chi connectivity index (χ2n) is 7.67. The quantitative estimate of drug-likeness (QED) is 0.510. The van der Waals surface area contributed by atoms with Crippen LogP contribution in [0.2, 0.25) is 0 Å². The molecule has 0 radical (unpaired) electrons. The van der Waals surface area contributed by atoms with Crippen LogP contribution >= 0.6 is 12.2 Å². The van der Waals surface area contributed by atoms with Crippen molar-refractivity contribution in [1.29, 1.82) is 0 Å². The topological polar surface area (TPSA) is 97.0 Å². The Bertz CT molecular complexity index is 808. The molecule has 0 spiro atoms. The molecule has 2 fully saturated rings. The van der Waals surface area contributed by atoms with Crippen LogP contribution in [0.25, 0.3) is 0 Å². The minimum atomic E-state index is -0.807. The van der Waals surface area contributed by atoms with Gasteiger partial charge in [0.05, 0.1) is 13.0 Å². The summed E-state index contributed by atoms with van der Waals surface area (Å²) in [7, 11) is 0. The molecule has 0 aromatic heterocycles. The van der Waals surface area contributed by atoms with Gasteiger partial charge in [0.25, 0.3) is 5.91 Å². The number of benzene rings is 1. The van der Waals surface area contributed by atoms with Crippen molar-refractivity contribution in [2.45, 2.75) is 57.6 Å². The molecule has 0 unspecified atom stereocenters. The number of esters is 1.